The molecule has 0 saturated carbocycles. The molecule has 29 heavy (non-hydrogen) atoms. The summed E-state index contributed by atoms with van der Waals surface area (Å²) in [5.41, 5.74) is 0.755. The zero-order chi connectivity index (χ0) is 21.4. The number of hydrogen-bond acceptors (Lipinski definition) is 3. The monoisotopic (exact) mass is 500 g/mol. The second-order valence-corrected chi connectivity index (χ2v) is 8.14. The minimum absolute atomic E-state index is 0.199. The fourth-order valence-corrected chi connectivity index (χ4v) is 3.60. The molecule has 2 aromatic rings. The Kier molecular flexibility index (Phi) is 9.27. The van der Waals surface area contributed by atoms with E-state index in [1.807, 2.05) is 25.1 Å². The Balaban J connectivity index is 2.17. The van der Waals surface area contributed by atoms with Crippen LogP contribution in [0.4, 0.5) is 0 Å². The van der Waals surface area contributed by atoms with Crippen molar-refractivity contribution in [1.29, 1.82) is 0 Å². The van der Waals surface area contributed by atoms with Gasteiger partial charge in [-0.15, -0.1) is 0 Å². The van der Waals surface area contributed by atoms with Crippen molar-refractivity contribution in [3.63, 3.8) is 0 Å². The van der Waals surface area contributed by atoms with Gasteiger partial charge in [-0.3, -0.25) is 9.59 Å². The Morgan fingerprint density at radius 1 is 1.21 bits per heavy atom. The Bertz CT molecular complexity index is 864. The average molecular weight is 502 g/mol. The van der Waals surface area contributed by atoms with E-state index in [1.54, 1.807) is 31.2 Å². The smallest absolute Gasteiger partial charge is 0.261 e. The molecular weight excluding hydrogens is 479 g/mol. The highest BCUT2D eigenvalue weighted by Gasteiger charge is 2.27. The first kappa shape index (κ1) is 23.5. The molecule has 0 unspecified atom stereocenters. The molecule has 0 bridgehead atoms. The summed E-state index contributed by atoms with van der Waals surface area (Å²) in [6.45, 7) is 4.18. The van der Waals surface area contributed by atoms with Crippen LogP contribution in [0.15, 0.2) is 46.9 Å². The number of halogens is 3. The molecule has 0 aromatic heterocycles. The number of carbonyl (C=O) groups excluding carboxylic acids is 2. The van der Waals surface area contributed by atoms with Crippen LogP contribution in [-0.2, 0) is 16.1 Å². The van der Waals surface area contributed by atoms with E-state index in [9.17, 15) is 9.59 Å². The van der Waals surface area contributed by atoms with E-state index in [2.05, 4.69) is 21.2 Å². The van der Waals surface area contributed by atoms with Gasteiger partial charge in [0, 0.05) is 23.1 Å². The molecule has 2 amide bonds. The predicted molar refractivity (Wildman–Crippen MR) is 119 cm³/mol. The highest BCUT2D eigenvalue weighted by molar-refractivity contribution is 9.10. The summed E-state index contributed by atoms with van der Waals surface area (Å²) in [6, 6.07) is 11.6. The summed E-state index contributed by atoms with van der Waals surface area (Å²) in [6.07, 6.45) is 0.810. The highest BCUT2D eigenvalue weighted by atomic mass is 79.9. The van der Waals surface area contributed by atoms with E-state index in [4.69, 9.17) is 27.9 Å². The van der Waals surface area contributed by atoms with Crippen molar-refractivity contribution in [3.05, 3.63) is 62.5 Å². The van der Waals surface area contributed by atoms with Crippen LogP contribution in [0.25, 0.3) is 0 Å². The number of nitrogens with zero attached hydrogens (tertiary/aromatic N) is 1. The number of amides is 2. The van der Waals surface area contributed by atoms with Crippen molar-refractivity contribution >= 4 is 50.9 Å². The number of hydrogen-bond donors (Lipinski definition) is 1. The van der Waals surface area contributed by atoms with Crippen molar-refractivity contribution in [2.24, 2.45) is 0 Å². The number of nitrogens with one attached hydrogen (secondary N) is 1. The molecule has 2 aromatic carbocycles. The van der Waals surface area contributed by atoms with E-state index < -0.39 is 6.04 Å². The molecule has 0 aliphatic heterocycles. The highest BCUT2D eigenvalue weighted by Crippen LogP contribution is 2.28. The summed E-state index contributed by atoms with van der Waals surface area (Å²) in [7, 11) is 0. The lowest BCUT2D eigenvalue weighted by Gasteiger charge is -2.29. The van der Waals surface area contributed by atoms with Gasteiger partial charge >= 0.3 is 0 Å². The zero-order valence-corrected chi connectivity index (χ0v) is 19.4. The lowest BCUT2D eigenvalue weighted by Crippen LogP contribution is -2.49. The molecule has 5 nitrogen and oxygen atoms in total. The van der Waals surface area contributed by atoms with Crippen molar-refractivity contribution in [2.75, 3.05) is 13.2 Å². The molecule has 0 aliphatic rings. The van der Waals surface area contributed by atoms with E-state index in [0.29, 0.717) is 26.8 Å². The summed E-state index contributed by atoms with van der Waals surface area (Å²) in [5.74, 6) is -0.0608. The second-order valence-electron chi connectivity index (χ2n) is 6.44. The van der Waals surface area contributed by atoms with Crippen molar-refractivity contribution in [2.45, 2.75) is 32.9 Å². The van der Waals surface area contributed by atoms with Crippen LogP contribution in [0.3, 0.4) is 0 Å². The lowest BCUT2D eigenvalue weighted by molar-refractivity contribution is -0.142. The third-order valence-corrected chi connectivity index (χ3v) is 5.48. The van der Waals surface area contributed by atoms with E-state index in [0.717, 1.165) is 12.0 Å². The maximum absolute atomic E-state index is 13.0. The van der Waals surface area contributed by atoms with Gasteiger partial charge in [-0.25, -0.2) is 0 Å². The molecule has 156 valence electrons. The van der Waals surface area contributed by atoms with Crippen LogP contribution >= 0.6 is 39.1 Å². The maximum Gasteiger partial charge on any atom is 0.261 e. The molecule has 0 spiro atoms. The maximum atomic E-state index is 13.0. The first-order chi connectivity index (χ1) is 13.8. The van der Waals surface area contributed by atoms with Crippen molar-refractivity contribution < 1.29 is 14.3 Å². The topological polar surface area (TPSA) is 58.6 Å². The van der Waals surface area contributed by atoms with Gasteiger partial charge < -0.3 is 15.0 Å². The Hall–Kier alpha value is -1.76. The van der Waals surface area contributed by atoms with Gasteiger partial charge in [-0.2, -0.15) is 0 Å². The summed E-state index contributed by atoms with van der Waals surface area (Å²) in [4.78, 5) is 26.9. The summed E-state index contributed by atoms with van der Waals surface area (Å²) >= 11 is 15.6. The Morgan fingerprint density at radius 2 is 1.93 bits per heavy atom. The van der Waals surface area contributed by atoms with Crippen molar-refractivity contribution in [1.82, 2.24) is 10.2 Å². The fraction of sp³-hybridized carbons (Fsp3) is 0.333. The van der Waals surface area contributed by atoms with Gasteiger partial charge in [0.2, 0.25) is 5.91 Å². The molecule has 0 radical (unpaired) electrons. The van der Waals surface area contributed by atoms with Crippen LogP contribution in [0.2, 0.25) is 10.0 Å². The minimum atomic E-state index is -0.678. The van der Waals surface area contributed by atoms with Gasteiger partial charge in [0.1, 0.15) is 11.8 Å². The zero-order valence-electron chi connectivity index (χ0n) is 16.3. The number of ether oxygens (including phenoxy) is 1. The largest absolute Gasteiger partial charge is 0.483 e. The van der Waals surface area contributed by atoms with Gasteiger partial charge in [0.25, 0.3) is 5.91 Å². The molecule has 0 saturated heterocycles. The second kappa shape index (κ2) is 11.4. The van der Waals surface area contributed by atoms with E-state index in [1.165, 1.54) is 4.90 Å². The normalized spacial score (nSPS) is 11.6. The number of carbonyl (C=O) groups is 2. The van der Waals surface area contributed by atoms with E-state index >= 15 is 0 Å². The van der Waals surface area contributed by atoms with Crippen LogP contribution in [0, 0.1) is 0 Å². The van der Waals surface area contributed by atoms with Gasteiger partial charge in [-0.1, -0.05) is 48.3 Å². The average Bonchev–Trinajstić information content (AvgIpc) is 2.70. The van der Waals surface area contributed by atoms with Crippen LogP contribution in [-0.4, -0.2) is 35.9 Å². The summed E-state index contributed by atoms with van der Waals surface area (Å²) < 4.78 is 6.29. The first-order valence-corrected chi connectivity index (χ1v) is 10.8. The lowest BCUT2D eigenvalue weighted by atomic mass is 10.1. The Labute approximate surface area is 189 Å². The molecule has 0 fully saturated rings. The molecule has 2 rings (SSSR count). The minimum Gasteiger partial charge on any atom is -0.483 e. The standard InChI is InChI=1S/C21H23BrCl2N2O3/c1-3-10-25-21(28)14(2)26(12-15-6-4-5-7-18(15)24)20(27)13-29-19-9-8-16(23)11-17(19)22/h4-9,11,14H,3,10,12-13H2,1-2H3,(H,25,28)/t14-/m1/s1. The van der Waals surface area contributed by atoms with Crippen LogP contribution < -0.4 is 10.1 Å². The number of benzene rings is 2. The molecule has 8 heteroatoms. The molecule has 0 aliphatic carbocycles. The number of rotatable bonds is 9. The third kappa shape index (κ3) is 6.91. The SMILES string of the molecule is CCCNC(=O)[C@@H](C)N(Cc1ccccc1Cl)C(=O)COc1ccc(Cl)cc1Br. The Morgan fingerprint density at radius 3 is 2.59 bits per heavy atom. The first-order valence-electron chi connectivity index (χ1n) is 9.22. The molecule has 0 heterocycles. The van der Waals surface area contributed by atoms with Crippen molar-refractivity contribution in [3.8, 4) is 5.75 Å². The van der Waals surface area contributed by atoms with Crippen LogP contribution in [0.1, 0.15) is 25.8 Å². The van der Waals surface area contributed by atoms with Gasteiger partial charge in [0.05, 0.1) is 4.47 Å². The van der Waals surface area contributed by atoms with E-state index in [-0.39, 0.29) is 25.0 Å². The fourth-order valence-electron chi connectivity index (χ4n) is 2.60. The third-order valence-electron chi connectivity index (χ3n) is 4.26. The van der Waals surface area contributed by atoms with Gasteiger partial charge in [0.15, 0.2) is 6.61 Å². The van der Waals surface area contributed by atoms with Crippen LogP contribution in [0.5, 0.6) is 5.75 Å². The van der Waals surface area contributed by atoms with Gasteiger partial charge in [-0.05, 0) is 59.1 Å². The molecule has 1 N–H and O–H groups in total. The molecular formula is C21H23BrCl2N2O3. The quantitative estimate of drug-likeness (QED) is 0.521. The predicted octanol–water partition coefficient (Wildman–Crippen LogP) is 5.08. The molecule has 1 atom stereocenters. The summed E-state index contributed by atoms with van der Waals surface area (Å²) in [5, 5.41) is 3.92.